The quantitative estimate of drug-likeness (QED) is 0.249. The molecule has 0 unspecified atom stereocenters. The SMILES string of the molecule is CCCCCOc1c(CC)cc(OCCCCCCBr)c2ccccc12. The Morgan fingerprint density at radius 3 is 2.23 bits per heavy atom. The maximum atomic E-state index is 6.21. The molecule has 0 radical (unpaired) electrons. The number of hydrogen-bond donors (Lipinski definition) is 0. The Balaban J connectivity index is 2.13. The monoisotopic (exact) mass is 420 g/mol. The molecular weight excluding hydrogens is 388 g/mol. The summed E-state index contributed by atoms with van der Waals surface area (Å²) in [7, 11) is 0. The van der Waals surface area contributed by atoms with Crippen molar-refractivity contribution < 1.29 is 9.47 Å². The zero-order valence-electron chi connectivity index (χ0n) is 16.4. The molecule has 26 heavy (non-hydrogen) atoms. The van der Waals surface area contributed by atoms with E-state index in [1.165, 1.54) is 43.1 Å². The number of hydrogen-bond acceptors (Lipinski definition) is 2. The van der Waals surface area contributed by atoms with Gasteiger partial charge in [0.25, 0.3) is 0 Å². The standard InChI is InChI=1S/C23H33BrO2/c1-3-5-11-17-26-23-19(4-2)18-22(20-13-8-9-14-21(20)23)25-16-12-7-6-10-15-24/h8-9,13-14,18H,3-7,10-12,15-17H2,1-2H3. The predicted octanol–water partition coefficient (Wildman–Crippen LogP) is 7.31. The van der Waals surface area contributed by atoms with Gasteiger partial charge >= 0.3 is 0 Å². The average molecular weight is 421 g/mol. The Hall–Kier alpha value is -1.22. The second kappa shape index (κ2) is 12.2. The van der Waals surface area contributed by atoms with Crippen LogP contribution < -0.4 is 9.47 Å². The van der Waals surface area contributed by atoms with Crippen molar-refractivity contribution in [3.8, 4) is 11.5 Å². The zero-order valence-corrected chi connectivity index (χ0v) is 17.9. The van der Waals surface area contributed by atoms with E-state index in [0.717, 1.165) is 54.7 Å². The number of ether oxygens (including phenoxy) is 2. The van der Waals surface area contributed by atoms with Crippen molar-refractivity contribution in [2.45, 2.75) is 65.2 Å². The summed E-state index contributed by atoms with van der Waals surface area (Å²) < 4.78 is 12.4. The fraction of sp³-hybridized carbons (Fsp3) is 0.565. The second-order valence-electron chi connectivity index (χ2n) is 6.77. The van der Waals surface area contributed by atoms with E-state index in [1.54, 1.807) is 0 Å². The summed E-state index contributed by atoms with van der Waals surface area (Å²) in [4.78, 5) is 0. The molecule has 0 aliphatic carbocycles. The molecule has 2 aromatic rings. The van der Waals surface area contributed by atoms with Gasteiger partial charge in [0.15, 0.2) is 0 Å². The summed E-state index contributed by atoms with van der Waals surface area (Å²) in [5, 5.41) is 3.44. The van der Waals surface area contributed by atoms with Gasteiger partial charge in [-0.25, -0.2) is 0 Å². The molecule has 0 aliphatic rings. The molecule has 0 aliphatic heterocycles. The number of alkyl halides is 1. The molecule has 0 saturated carbocycles. The first kappa shape index (κ1) is 21.1. The molecule has 0 aromatic heterocycles. The van der Waals surface area contributed by atoms with Crippen molar-refractivity contribution in [1.29, 1.82) is 0 Å². The van der Waals surface area contributed by atoms with Crippen molar-refractivity contribution in [3.63, 3.8) is 0 Å². The molecule has 2 nitrogen and oxygen atoms in total. The normalized spacial score (nSPS) is 11.0. The van der Waals surface area contributed by atoms with Gasteiger partial charge in [0.2, 0.25) is 0 Å². The Kier molecular flexibility index (Phi) is 9.91. The van der Waals surface area contributed by atoms with Crippen LogP contribution in [0.5, 0.6) is 11.5 Å². The van der Waals surface area contributed by atoms with Crippen LogP contribution in [0.4, 0.5) is 0 Å². The number of halogens is 1. The van der Waals surface area contributed by atoms with Crippen LogP contribution in [0, 0.1) is 0 Å². The molecule has 0 amide bonds. The topological polar surface area (TPSA) is 18.5 Å². The number of aryl methyl sites for hydroxylation is 1. The predicted molar refractivity (Wildman–Crippen MR) is 116 cm³/mol. The van der Waals surface area contributed by atoms with Crippen LogP contribution in [-0.2, 0) is 6.42 Å². The van der Waals surface area contributed by atoms with Gasteiger partial charge < -0.3 is 9.47 Å². The summed E-state index contributed by atoms with van der Waals surface area (Å²) in [6, 6.07) is 10.7. The summed E-state index contributed by atoms with van der Waals surface area (Å²) in [6.45, 7) is 5.98. The van der Waals surface area contributed by atoms with Gasteiger partial charge in [-0.3, -0.25) is 0 Å². The Labute approximate surface area is 167 Å². The van der Waals surface area contributed by atoms with Crippen LogP contribution in [0.25, 0.3) is 10.8 Å². The molecule has 0 fully saturated rings. The minimum Gasteiger partial charge on any atom is -0.493 e. The minimum atomic E-state index is 0.784. The first-order valence-corrected chi connectivity index (χ1v) is 11.3. The van der Waals surface area contributed by atoms with E-state index in [9.17, 15) is 0 Å². The molecule has 2 rings (SSSR count). The van der Waals surface area contributed by atoms with E-state index in [2.05, 4.69) is 60.1 Å². The van der Waals surface area contributed by atoms with Crippen LogP contribution in [0.1, 0.15) is 64.4 Å². The van der Waals surface area contributed by atoms with Crippen molar-refractivity contribution in [2.24, 2.45) is 0 Å². The lowest BCUT2D eigenvalue weighted by Crippen LogP contribution is -2.03. The van der Waals surface area contributed by atoms with E-state index in [0.29, 0.717) is 0 Å². The van der Waals surface area contributed by atoms with Crippen molar-refractivity contribution >= 4 is 26.7 Å². The van der Waals surface area contributed by atoms with Gasteiger partial charge in [0.05, 0.1) is 13.2 Å². The first-order chi connectivity index (χ1) is 12.8. The highest BCUT2D eigenvalue weighted by atomic mass is 79.9. The van der Waals surface area contributed by atoms with E-state index in [4.69, 9.17) is 9.47 Å². The van der Waals surface area contributed by atoms with Gasteiger partial charge in [-0.2, -0.15) is 0 Å². The van der Waals surface area contributed by atoms with Crippen LogP contribution in [0.15, 0.2) is 30.3 Å². The lowest BCUT2D eigenvalue weighted by Gasteiger charge is -2.17. The summed E-state index contributed by atoms with van der Waals surface area (Å²) in [5.41, 5.74) is 1.24. The minimum absolute atomic E-state index is 0.784. The van der Waals surface area contributed by atoms with Crippen LogP contribution in [-0.4, -0.2) is 18.5 Å². The molecule has 0 saturated heterocycles. The Morgan fingerprint density at radius 2 is 1.50 bits per heavy atom. The fourth-order valence-electron chi connectivity index (χ4n) is 3.18. The molecule has 0 heterocycles. The Morgan fingerprint density at radius 1 is 0.808 bits per heavy atom. The largest absolute Gasteiger partial charge is 0.493 e. The van der Waals surface area contributed by atoms with Gasteiger partial charge in [0.1, 0.15) is 11.5 Å². The van der Waals surface area contributed by atoms with E-state index in [1.807, 2.05) is 0 Å². The number of unbranched alkanes of at least 4 members (excludes halogenated alkanes) is 5. The number of rotatable bonds is 13. The van der Waals surface area contributed by atoms with Gasteiger partial charge in [-0.05, 0) is 37.3 Å². The van der Waals surface area contributed by atoms with Crippen LogP contribution in [0.2, 0.25) is 0 Å². The van der Waals surface area contributed by atoms with Gasteiger partial charge in [-0.1, -0.05) is 79.7 Å². The lowest BCUT2D eigenvalue weighted by atomic mass is 10.0. The second-order valence-corrected chi connectivity index (χ2v) is 7.56. The van der Waals surface area contributed by atoms with Gasteiger partial charge in [0, 0.05) is 16.1 Å². The average Bonchev–Trinajstić information content (AvgIpc) is 2.68. The smallest absolute Gasteiger partial charge is 0.130 e. The maximum absolute atomic E-state index is 6.21. The molecular formula is C23H33BrO2. The molecule has 0 N–H and O–H groups in total. The third-order valence-electron chi connectivity index (χ3n) is 4.69. The zero-order chi connectivity index (χ0) is 18.6. The molecule has 3 heteroatoms. The molecule has 0 spiro atoms. The highest BCUT2D eigenvalue weighted by Crippen LogP contribution is 2.37. The highest BCUT2D eigenvalue weighted by molar-refractivity contribution is 9.09. The first-order valence-electron chi connectivity index (χ1n) is 10.2. The molecule has 144 valence electrons. The van der Waals surface area contributed by atoms with Crippen molar-refractivity contribution in [3.05, 3.63) is 35.9 Å². The third-order valence-corrected chi connectivity index (χ3v) is 5.26. The maximum Gasteiger partial charge on any atom is 0.130 e. The molecule has 0 atom stereocenters. The van der Waals surface area contributed by atoms with E-state index in [-0.39, 0.29) is 0 Å². The third kappa shape index (κ3) is 6.19. The van der Waals surface area contributed by atoms with E-state index >= 15 is 0 Å². The van der Waals surface area contributed by atoms with Gasteiger partial charge in [-0.15, -0.1) is 0 Å². The van der Waals surface area contributed by atoms with Crippen LogP contribution in [0.3, 0.4) is 0 Å². The van der Waals surface area contributed by atoms with E-state index < -0.39 is 0 Å². The highest BCUT2D eigenvalue weighted by Gasteiger charge is 2.13. The number of fused-ring (bicyclic) bond motifs is 1. The van der Waals surface area contributed by atoms with Crippen molar-refractivity contribution in [2.75, 3.05) is 18.5 Å². The Bertz CT molecular complexity index is 654. The number of benzene rings is 2. The molecule has 2 aromatic carbocycles. The summed E-state index contributed by atoms with van der Waals surface area (Å²) >= 11 is 3.49. The van der Waals surface area contributed by atoms with Crippen LogP contribution >= 0.6 is 15.9 Å². The summed E-state index contributed by atoms with van der Waals surface area (Å²) in [5.74, 6) is 2.04. The lowest BCUT2D eigenvalue weighted by molar-refractivity contribution is 0.300. The molecule has 0 bridgehead atoms. The van der Waals surface area contributed by atoms with Crippen molar-refractivity contribution in [1.82, 2.24) is 0 Å². The summed E-state index contributed by atoms with van der Waals surface area (Å²) in [6.07, 6.45) is 9.34. The fourth-order valence-corrected chi connectivity index (χ4v) is 3.58.